The zero-order valence-corrected chi connectivity index (χ0v) is 24.1. The maximum absolute atomic E-state index is 16.4. The number of nitrogens with zero attached hydrogens (tertiary/aromatic N) is 3. The number of fused-ring (bicyclic) bond motifs is 2. The van der Waals surface area contributed by atoms with Crippen LogP contribution in [0.3, 0.4) is 0 Å². The van der Waals surface area contributed by atoms with Crippen LogP contribution in [-0.4, -0.2) is 44.6 Å². The lowest BCUT2D eigenvalue weighted by Gasteiger charge is -2.21. The Balaban J connectivity index is 1.64. The van der Waals surface area contributed by atoms with Crippen molar-refractivity contribution in [1.82, 2.24) is 15.3 Å². The molecule has 0 fully saturated rings. The van der Waals surface area contributed by atoms with E-state index in [0.717, 1.165) is 10.6 Å². The van der Waals surface area contributed by atoms with Gasteiger partial charge in [0.1, 0.15) is 38.3 Å². The topological polar surface area (TPSA) is 105 Å². The Morgan fingerprint density at radius 3 is 2.43 bits per heavy atom. The predicted molar refractivity (Wildman–Crippen MR) is 160 cm³/mol. The summed E-state index contributed by atoms with van der Waals surface area (Å²) in [5.74, 6) is -1.41. The number of carbonyl (C=O) groups is 1. The number of benzene rings is 3. The summed E-state index contributed by atoms with van der Waals surface area (Å²) < 4.78 is 62.5. The highest BCUT2D eigenvalue weighted by molar-refractivity contribution is 7.92. The van der Waals surface area contributed by atoms with E-state index in [1.807, 2.05) is 0 Å². The first-order chi connectivity index (χ1) is 20.1. The number of halogens is 2. The molecule has 0 radical (unpaired) electrons. The van der Waals surface area contributed by atoms with Gasteiger partial charge in [-0.25, -0.2) is 27.2 Å². The maximum atomic E-state index is 16.4. The van der Waals surface area contributed by atoms with Crippen LogP contribution in [0.25, 0.3) is 54.3 Å². The van der Waals surface area contributed by atoms with Crippen LogP contribution in [-0.2, 0) is 10.0 Å². The molecule has 3 heterocycles. The fraction of sp³-hybridized carbons (Fsp3) is 0.100. The average Bonchev–Trinajstić information content (AvgIpc) is 3.57. The number of anilines is 1. The van der Waals surface area contributed by atoms with Crippen molar-refractivity contribution in [3.8, 4) is 33.0 Å². The number of carbonyl (C=O) groups excluding carboxylic acids is 1. The molecule has 0 aliphatic heterocycles. The van der Waals surface area contributed by atoms with Gasteiger partial charge in [-0.1, -0.05) is 23.5 Å². The number of thiazole rings is 1. The Hall–Kier alpha value is -4.68. The van der Waals surface area contributed by atoms with Crippen LogP contribution in [0, 0.1) is 11.6 Å². The molecular weight excluding hydrogens is 582 g/mol. The summed E-state index contributed by atoms with van der Waals surface area (Å²) in [6.07, 6.45) is 2.67. The minimum absolute atomic E-state index is 0.0968. The number of pyridine rings is 1. The summed E-state index contributed by atoms with van der Waals surface area (Å²) in [5, 5.41) is 3.33. The van der Waals surface area contributed by atoms with Crippen molar-refractivity contribution in [2.24, 2.45) is 0 Å². The van der Waals surface area contributed by atoms with E-state index in [1.165, 1.54) is 67.9 Å². The van der Waals surface area contributed by atoms with Gasteiger partial charge in [-0.05, 0) is 48.5 Å². The normalized spacial score (nSPS) is 11.7. The quantitative estimate of drug-likeness (QED) is 0.234. The highest BCUT2D eigenvalue weighted by Crippen LogP contribution is 2.43. The number of furan rings is 1. The first kappa shape index (κ1) is 27.5. The summed E-state index contributed by atoms with van der Waals surface area (Å²) >= 11 is 1.23. The van der Waals surface area contributed by atoms with E-state index in [9.17, 15) is 17.6 Å². The first-order valence-electron chi connectivity index (χ1n) is 12.6. The molecule has 1 amide bonds. The van der Waals surface area contributed by atoms with E-state index in [4.69, 9.17) is 4.42 Å². The third kappa shape index (κ3) is 4.68. The molecule has 0 aliphatic rings. The molecular formula is C30H22F2N4O4S2. The lowest BCUT2D eigenvalue weighted by atomic mass is 9.96. The second-order valence-electron chi connectivity index (χ2n) is 9.50. The highest BCUT2D eigenvalue weighted by Gasteiger charge is 2.27. The van der Waals surface area contributed by atoms with Gasteiger partial charge in [-0.3, -0.25) is 9.10 Å². The highest BCUT2D eigenvalue weighted by atomic mass is 32.2. The Morgan fingerprint density at radius 2 is 1.74 bits per heavy atom. The molecule has 0 atom stereocenters. The fourth-order valence-electron chi connectivity index (χ4n) is 4.73. The van der Waals surface area contributed by atoms with Crippen molar-refractivity contribution in [2.75, 3.05) is 24.7 Å². The Bertz CT molecular complexity index is 2090. The number of aromatic nitrogens is 2. The maximum Gasteiger partial charge on any atom is 0.255 e. The average molecular weight is 605 g/mol. The second kappa shape index (κ2) is 10.3. The molecule has 0 unspecified atom stereocenters. The van der Waals surface area contributed by atoms with Gasteiger partial charge < -0.3 is 9.73 Å². The second-order valence-corrected chi connectivity index (χ2v) is 12.5. The lowest BCUT2D eigenvalue weighted by Crippen LogP contribution is -2.25. The van der Waals surface area contributed by atoms with Gasteiger partial charge in [0.2, 0.25) is 10.0 Å². The van der Waals surface area contributed by atoms with Crippen LogP contribution in [0.15, 0.2) is 77.3 Å². The van der Waals surface area contributed by atoms with Gasteiger partial charge in [-0.15, -0.1) is 0 Å². The van der Waals surface area contributed by atoms with Gasteiger partial charge in [0, 0.05) is 54.0 Å². The monoisotopic (exact) mass is 604 g/mol. The SMILES string of the molecule is CNC(=O)c1c(-c2ccc(F)cc2)oc2cc(N(C)S(C)(=O)=O)c(-c3cccc(-c4nc5cccnc5s4)c3F)cc12. The molecule has 0 saturated heterocycles. The molecule has 0 bridgehead atoms. The summed E-state index contributed by atoms with van der Waals surface area (Å²) in [6.45, 7) is 0. The van der Waals surface area contributed by atoms with E-state index < -0.39 is 27.6 Å². The number of nitrogens with one attached hydrogen (secondary N) is 1. The van der Waals surface area contributed by atoms with E-state index in [2.05, 4.69) is 15.3 Å². The number of hydrogen-bond acceptors (Lipinski definition) is 7. The number of hydrogen-bond donors (Lipinski definition) is 1. The van der Waals surface area contributed by atoms with Crippen LogP contribution < -0.4 is 9.62 Å². The van der Waals surface area contributed by atoms with Gasteiger partial charge in [0.25, 0.3) is 5.91 Å². The Labute approximate surface area is 243 Å². The Morgan fingerprint density at radius 1 is 1.00 bits per heavy atom. The van der Waals surface area contributed by atoms with Crippen molar-refractivity contribution in [2.45, 2.75) is 0 Å². The molecule has 42 heavy (non-hydrogen) atoms. The van der Waals surface area contributed by atoms with Crippen molar-refractivity contribution < 1.29 is 26.4 Å². The van der Waals surface area contributed by atoms with Crippen molar-refractivity contribution in [3.63, 3.8) is 0 Å². The van der Waals surface area contributed by atoms with Gasteiger partial charge in [0.15, 0.2) is 0 Å². The van der Waals surface area contributed by atoms with Crippen LogP contribution in [0.4, 0.5) is 14.5 Å². The van der Waals surface area contributed by atoms with Crippen molar-refractivity contribution in [1.29, 1.82) is 0 Å². The first-order valence-corrected chi connectivity index (χ1v) is 15.3. The van der Waals surface area contributed by atoms with E-state index in [1.54, 1.807) is 30.5 Å². The van der Waals surface area contributed by atoms with Crippen molar-refractivity contribution in [3.05, 3.63) is 90.1 Å². The molecule has 6 aromatic rings. The molecule has 0 spiro atoms. The molecule has 8 nitrogen and oxygen atoms in total. The van der Waals surface area contributed by atoms with Gasteiger partial charge in [0.05, 0.1) is 17.5 Å². The van der Waals surface area contributed by atoms with Crippen LogP contribution in [0.1, 0.15) is 10.4 Å². The summed E-state index contributed by atoms with van der Waals surface area (Å²) in [4.78, 5) is 22.6. The smallest absolute Gasteiger partial charge is 0.255 e. The molecule has 0 aliphatic carbocycles. The zero-order chi connectivity index (χ0) is 29.8. The summed E-state index contributed by atoms with van der Waals surface area (Å²) in [7, 11) is -0.991. The molecule has 3 aromatic heterocycles. The largest absolute Gasteiger partial charge is 0.455 e. The predicted octanol–water partition coefficient (Wildman–Crippen LogP) is 6.47. The molecule has 0 saturated carbocycles. The molecule has 1 N–H and O–H groups in total. The minimum Gasteiger partial charge on any atom is -0.455 e. The third-order valence-corrected chi connectivity index (χ3v) is 9.09. The van der Waals surface area contributed by atoms with Crippen molar-refractivity contribution >= 4 is 54.3 Å². The van der Waals surface area contributed by atoms with E-state index in [-0.39, 0.29) is 39.3 Å². The number of rotatable bonds is 6. The van der Waals surface area contributed by atoms with Crippen LogP contribution in [0.5, 0.6) is 0 Å². The molecule has 12 heteroatoms. The van der Waals surface area contributed by atoms with Gasteiger partial charge in [-0.2, -0.15) is 0 Å². The van der Waals surface area contributed by atoms with E-state index in [0.29, 0.717) is 26.3 Å². The number of sulfonamides is 1. The lowest BCUT2D eigenvalue weighted by molar-refractivity contribution is 0.0964. The minimum atomic E-state index is -3.80. The summed E-state index contributed by atoms with van der Waals surface area (Å²) in [5.41, 5.74) is 2.06. The summed E-state index contributed by atoms with van der Waals surface area (Å²) in [6, 6.07) is 16.7. The van der Waals surface area contributed by atoms with Crippen LogP contribution in [0.2, 0.25) is 0 Å². The standard InChI is InChI=1S/C30H22F2N4O4S2/c1-33-28(37)25-21-14-20(18-6-4-7-19(26(18)32)29-35-22-8-5-13-34-30(22)41-29)23(36(2)42(3,38)39)15-24(21)40-27(25)16-9-11-17(31)12-10-16/h4-15H,1-3H3,(H,33,37). The molecule has 3 aromatic carbocycles. The third-order valence-electron chi connectivity index (χ3n) is 6.89. The van der Waals surface area contributed by atoms with E-state index >= 15 is 4.39 Å². The molecule has 6 rings (SSSR count). The fourth-order valence-corrected chi connectivity index (χ4v) is 6.17. The number of amides is 1. The van der Waals surface area contributed by atoms with Crippen LogP contribution >= 0.6 is 11.3 Å². The Kier molecular flexibility index (Phi) is 6.74. The van der Waals surface area contributed by atoms with Gasteiger partial charge >= 0.3 is 0 Å². The molecule has 212 valence electrons. The zero-order valence-electron chi connectivity index (χ0n) is 22.5.